The molecule has 112 valence electrons. The van der Waals surface area contributed by atoms with E-state index in [0.29, 0.717) is 5.82 Å². The van der Waals surface area contributed by atoms with E-state index < -0.39 is 0 Å². The topological polar surface area (TPSA) is 73.8 Å². The minimum atomic E-state index is 0.635. The van der Waals surface area contributed by atoms with Crippen LogP contribution in [0.15, 0.2) is 30.6 Å². The summed E-state index contributed by atoms with van der Waals surface area (Å²) in [7, 11) is 2.14. The minimum Gasteiger partial charge on any atom is -0.354 e. The highest BCUT2D eigenvalue weighted by atomic mass is 15.3. The summed E-state index contributed by atoms with van der Waals surface area (Å²) in [6, 6.07) is 5.83. The predicted molar refractivity (Wildman–Crippen MR) is 84.6 cm³/mol. The van der Waals surface area contributed by atoms with Gasteiger partial charge in [-0.25, -0.2) is 15.0 Å². The van der Waals surface area contributed by atoms with E-state index in [4.69, 9.17) is 4.98 Å². The first kappa shape index (κ1) is 13.1. The fraction of sp³-hybridized carbons (Fsp3) is 0.333. The predicted octanol–water partition coefficient (Wildman–Crippen LogP) is 1.17. The summed E-state index contributed by atoms with van der Waals surface area (Å²) in [5.74, 6) is 1.59. The SMILES string of the molecule is CN1CCN(c2ccnc(-c3n[nH]c4ncccc34)n2)CC1. The van der Waals surface area contributed by atoms with E-state index >= 15 is 0 Å². The Morgan fingerprint density at radius 2 is 1.91 bits per heavy atom. The van der Waals surface area contributed by atoms with Gasteiger partial charge in [0.1, 0.15) is 11.5 Å². The van der Waals surface area contributed by atoms with Crippen LogP contribution in [0.3, 0.4) is 0 Å². The molecule has 1 aliphatic heterocycles. The summed E-state index contributed by atoms with van der Waals surface area (Å²) >= 11 is 0. The Hall–Kier alpha value is -2.54. The van der Waals surface area contributed by atoms with Crippen molar-refractivity contribution in [1.29, 1.82) is 0 Å². The lowest BCUT2D eigenvalue weighted by Crippen LogP contribution is -2.44. The number of fused-ring (bicyclic) bond motifs is 1. The number of rotatable bonds is 2. The van der Waals surface area contributed by atoms with Crippen molar-refractivity contribution in [3.05, 3.63) is 30.6 Å². The van der Waals surface area contributed by atoms with Crippen LogP contribution >= 0.6 is 0 Å². The highest BCUT2D eigenvalue weighted by molar-refractivity contribution is 5.88. The van der Waals surface area contributed by atoms with Crippen molar-refractivity contribution in [2.45, 2.75) is 0 Å². The molecule has 0 amide bonds. The van der Waals surface area contributed by atoms with Gasteiger partial charge in [-0.3, -0.25) is 5.10 Å². The van der Waals surface area contributed by atoms with Gasteiger partial charge >= 0.3 is 0 Å². The van der Waals surface area contributed by atoms with Gasteiger partial charge in [0.25, 0.3) is 0 Å². The summed E-state index contributed by atoms with van der Waals surface area (Å²) in [4.78, 5) is 18.0. The molecule has 7 heteroatoms. The molecular formula is C15H17N7. The molecule has 1 N–H and O–H groups in total. The van der Waals surface area contributed by atoms with Crippen molar-refractivity contribution >= 4 is 16.9 Å². The van der Waals surface area contributed by atoms with E-state index in [1.54, 1.807) is 12.4 Å². The summed E-state index contributed by atoms with van der Waals surface area (Å²) in [5, 5.41) is 8.20. The van der Waals surface area contributed by atoms with Gasteiger partial charge in [0.15, 0.2) is 11.5 Å². The van der Waals surface area contributed by atoms with Crippen LogP contribution in [0.25, 0.3) is 22.6 Å². The number of anilines is 1. The van der Waals surface area contributed by atoms with Gasteiger partial charge in [0.2, 0.25) is 0 Å². The number of aromatic amines is 1. The van der Waals surface area contributed by atoms with Gasteiger partial charge in [0, 0.05) is 38.6 Å². The summed E-state index contributed by atoms with van der Waals surface area (Å²) in [6.07, 6.45) is 3.54. The van der Waals surface area contributed by atoms with Crippen LogP contribution in [0.4, 0.5) is 5.82 Å². The zero-order valence-corrected chi connectivity index (χ0v) is 12.4. The number of piperazine rings is 1. The summed E-state index contributed by atoms with van der Waals surface area (Å²) in [5.41, 5.74) is 1.50. The molecule has 7 nitrogen and oxygen atoms in total. The lowest BCUT2D eigenvalue weighted by molar-refractivity contribution is 0.312. The lowest BCUT2D eigenvalue weighted by Gasteiger charge is -2.33. The van der Waals surface area contributed by atoms with E-state index in [0.717, 1.165) is 48.7 Å². The standard InChI is InChI=1S/C15H17N7/c1-21-7-9-22(10-8-21)12-4-6-17-15(18-12)13-11-3-2-5-16-14(11)20-19-13/h2-6H,7-10H2,1H3,(H,16,19,20). The van der Waals surface area contributed by atoms with Gasteiger partial charge in [0.05, 0.1) is 5.39 Å². The number of H-pyrrole nitrogens is 1. The monoisotopic (exact) mass is 295 g/mol. The molecule has 22 heavy (non-hydrogen) atoms. The molecule has 0 bridgehead atoms. The second kappa shape index (κ2) is 5.34. The maximum absolute atomic E-state index is 4.70. The second-order valence-electron chi connectivity index (χ2n) is 5.50. The molecule has 0 spiro atoms. The van der Waals surface area contributed by atoms with Crippen LogP contribution in [0, 0.1) is 0 Å². The van der Waals surface area contributed by atoms with Crippen molar-refractivity contribution < 1.29 is 0 Å². The number of hydrogen-bond donors (Lipinski definition) is 1. The molecule has 0 aliphatic carbocycles. The fourth-order valence-electron chi connectivity index (χ4n) is 2.70. The van der Waals surface area contributed by atoms with Crippen LogP contribution in [-0.4, -0.2) is 63.3 Å². The van der Waals surface area contributed by atoms with Crippen molar-refractivity contribution in [2.24, 2.45) is 0 Å². The molecular weight excluding hydrogens is 278 g/mol. The Balaban J connectivity index is 1.70. The van der Waals surface area contributed by atoms with Crippen LogP contribution in [0.5, 0.6) is 0 Å². The van der Waals surface area contributed by atoms with Gasteiger partial charge in [-0.15, -0.1) is 0 Å². The summed E-state index contributed by atoms with van der Waals surface area (Å²) in [6.45, 7) is 4.06. The highest BCUT2D eigenvalue weighted by Gasteiger charge is 2.17. The Morgan fingerprint density at radius 3 is 2.77 bits per heavy atom. The molecule has 0 saturated carbocycles. The smallest absolute Gasteiger partial charge is 0.182 e. The molecule has 4 rings (SSSR count). The Bertz CT molecular complexity index is 789. The molecule has 4 heterocycles. The number of likely N-dealkylation sites (N-methyl/N-ethyl adjacent to an activating group) is 1. The van der Waals surface area contributed by atoms with Crippen LogP contribution in [-0.2, 0) is 0 Å². The normalized spacial score (nSPS) is 16.3. The fourth-order valence-corrected chi connectivity index (χ4v) is 2.70. The molecule has 1 fully saturated rings. The highest BCUT2D eigenvalue weighted by Crippen LogP contribution is 2.23. The van der Waals surface area contributed by atoms with Crippen molar-refractivity contribution in [3.63, 3.8) is 0 Å². The van der Waals surface area contributed by atoms with E-state index in [1.165, 1.54) is 0 Å². The molecule has 0 atom stereocenters. The lowest BCUT2D eigenvalue weighted by atomic mass is 10.2. The largest absolute Gasteiger partial charge is 0.354 e. The van der Waals surface area contributed by atoms with E-state index in [-0.39, 0.29) is 0 Å². The molecule has 0 radical (unpaired) electrons. The number of hydrogen-bond acceptors (Lipinski definition) is 6. The molecule has 0 aromatic carbocycles. The zero-order valence-electron chi connectivity index (χ0n) is 12.4. The van der Waals surface area contributed by atoms with Gasteiger partial charge in [-0.2, -0.15) is 5.10 Å². The van der Waals surface area contributed by atoms with E-state index in [1.807, 2.05) is 18.2 Å². The number of nitrogens with zero attached hydrogens (tertiary/aromatic N) is 6. The van der Waals surface area contributed by atoms with Gasteiger partial charge in [-0.1, -0.05) is 0 Å². The van der Waals surface area contributed by atoms with Gasteiger partial charge in [-0.05, 0) is 25.2 Å². The molecule has 3 aromatic rings. The first-order valence-electron chi connectivity index (χ1n) is 7.37. The first-order valence-corrected chi connectivity index (χ1v) is 7.37. The number of aromatic nitrogens is 5. The number of pyridine rings is 1. The third-order valence-electron chi connectivity index (χ3n) is 4.02. The average Bonchev–Trinajstić information content (AvgIpc) is 3.00. The maximum Gasteiger partial charge on any atom is 0.182 e. The van der Waals surface area contributed by atoms with Gasteiger partial charge < -0.3 is 9.80 Å². The molecule has 1 aliphatic rings. The molecule has 3 aromatic heterocycles. The number of nitrogens with one attached hydrogen (secondary N) is 1. The quantitative estimate of drug-likeness (QED) is 0.765. The first-order chi connectivity index (χ1) is 10.8. The maximum atomic E-state index is 4.70. The average molecular weight is 295 g/mol. The summed E-state index contributed by atoms with van der Waals surface area (Å²) < 4.78 is 0. The Morgan fingerprint density at radius 1 is 1.05 bits per heavy atom. The third kappa shape index (κ3) is 2.29. The van der Waals surface area contributed by atoms with E-state index in [2.05, 4.69) is 37.0 Å². The van der Waals surface area contributed by atoms with Crippen molar-refractivity contribution in [2.75, 3.05) is 38.1 Å². The van der Waals surface area contributed by atoms with Crippen molar-refractivity contribution in [1.82, 2.24) is 30.0 Å². The van der Waals surface area contributed by atoms with Crippen molar-refractivity contribution in [3.8, 4) is 11.5 Å². The van der Waals surface area contributed by atoms with Crippen LogP contribution in [0.2, 0.25) is 0 Å². The third-order valence-corrected chi connectivity index (χ3v) is 4.02. The minimum absolute atomic E-state index is 0.635. The molecule has 1 saturated heterocycles. The van der Waals surface area contributed by atoms with Crippen LogP contribution < -0.4 is 4.90 Å². The van der Waals surface area contributed by atoms with E-state index in [9.17, 15) is 0 Å². The molecule has 0 unspecified atom stereocenters. The van der Waals surface area contributed by atoms with Crippen LogP contribution in [0.1, 0.15) is 0 Å². The Labute approximate surface area is 128 Å². The Kier molecular flexibility index (Phi) is 3.19. The second-order valence-corrected chi connectivity index (χ2v) is 5.50. The zero-order chi connectivity index (χ0) is 14.9.